The van der Waals surface area contributed by atoms with Crippen LogP contribution in [0.25, 0.3) is 0 Å². The summed E-state index contributed by atoms with van der Waals surface area (Å²) in [6.45, 7) is 5.79. The SMILES string of the molecule is CC(=O)N1CCN(c2ccccc2NC(=O)c2ccc(C)c([N+](=O)[O-])c2)CC1. The molecule has 0 bridgehead atoms. The van der Waals surface area contributed by atoms with Crippen LogP contribution in [-0.2, 0) is 4.79 Å². The lowest BCUT2D eigenvalue weighted by molar-refractivity contribution is -0.385. The number of carbonyl (C=O) groups excluding carboxylic acids is 2. The first-order chi connectivity index (χ1) is 13.4. The maximum absolute atomic E-state index is 12.7. The number of nitrogens with one attached hydrogen (secondary N) is 1. The lowest BCUT2D eigenvalue weighted by atomic mass is 10.1. The van der Waals surface area contributed by atoms with Crippen molar-refractivity contribution in [3.8, 4) is 0 Å². The lowest BCUT2D eigenvalue weighted by Gasteiger charge is -2.36. The molecule has 2 aromatic rings. The third-order valence-corrected chi connectivity index (χ3v) is 4.89. The molecule has 0 radical (unpaired) electrons. The van der Waals surface area contributed by atoms with Crippen LogP contribution in [-0.4, -0.2) is 47.8 Å². The molecule has 0 unspecified atom stereocenters. The van der Waals surface area contributed by atoms with Crippen LogP contribution in [0.15, 0.2) is 42.5 Å². The standard InChI is InChI=1S/C20H22N4O4/c1-14-7-8-16(13-19(14)24(27)28)20(26)21-17-5-3-4-6-18(17)23-11-9-22(10-12-23)15(2)25/h3-8,13H,9-12H2,1-2H3,(H,21,26). The molecular formula is C20H22N4O4. The maximum atomic E-state index is 12.7. The van der Waals surface area contributed by atoms with Crippen molar-refractivity contribution < 1.29 is 14.5 Å². The summed E-state index contributed by atoms with van der Waals surface area (Å²) in [6, 6.07) is 11.9. The molecule has 1 saturated heterocycles. The minimum absolute atomic E-state index is 0.0576. The first-order valence-electron chi connectivity index (χ1n) is 9.02. The molecular weight excluding hydrogens is 360 g/mol. The van der Waals surface area contributed by atoms with Crippen LogP contribution in [0, 0.1) is 17.0 Å². The van der Waals surface area contributed by atoms with Crippen LogP contribution in [0.2, 0.25) is 0 Å². The zero-order chi connectivity index (χ0) is 20.3. The number of amides is 2. The molecule has 0 saturated carbocycles. The molecule has 3 rings (SSSR count). The summed E-state index contributed by atoms with van der Waals surface area (Å²) in [5.74, 6) is -0.347. The Morgan fingerprint density at radius 2 is 1.75 bits per heavy atom. The average molecular weight is 382 g/mol. The lowest BCUT2D eigenvalue weighted by Crippen LogP contribution is -2.48. The molecule has 0 aromatic heterocycles. The fourth-order valence-electron chi connectivity index (χ4n) is 3.26. The van der Waals surface area contributed by atoms with Gasteiger partial charge in [-0.3, -0.25) is 19.7 Å². The van der Waals surface area contributed by atoms with E-state index in [0.717, 1.165) is 5.69 Å². The molecule has 1 N–H and O–H groups in total. The highest BCUT2D eigenvalue weighted by Crippen LogP contribution is 2.28. The normalized spacial score (nSPS) is 13.9. The van der Waals surface area contributed by atoms with Gasteiger partial charge in [-0.25, -0.2) is 0 Å². The number of nitrogens with zero attached hydrogens (tertiary/aromatic N) is 3. The van der Waals surface area contributed by atoms with Crippen LogP contribution in [0.4, 0.5) is 17.1 Å². The fraction of sp³-hybridized carbons (Fsp3) is 0.300. The molecule has 0 atom stereocenters. The average Bonchev–Trinajstić information content (AvgIpc) is 2.68. The van der Waals surface area contributed by atoms with Gasteiger partial charge in [0, 0.05) is 50.3 Å². The van der Waals surface area contributed by atoms with E-state index < -0.39 is 10.8 Å². The van der Waals surface area contributed by atoms with Crippen LogP contribution < -0.4 is 10.2 Å². The van der Waals surface area contributed by atoms with E-state index in [9.17, 15) is 19.7 Å². The summed E-state index contributed by atoms with van der Waals surface area (Å²) in [5.41, 5.74) is 2.15. The summed E-state index contributed by atoms with van der Waals surface area (Å²) in [4.78, 5) is 38.7. The van der Waals surface area contributed by atoms with Gasteiger partial charge in [-0.1, -0.05) is 18.2 Å². The van der Waals surface area contributed by atoms with Gasteiger partial charge in [-0.2, -0.15) is 0 Å². The Hall–Kier alpha value is -3.42. The summed E-state index contributed by atoms with van der Waals surface area (Å²) in [7, 11) is 0. The number of hydrogen-bond acceptors (Lipinski definition) is 5. The predicted molar refractivity (Wildman–Crippen MR) is 107 cm³/mol. The van der Waals surface area contributed by atoms with Gasteiger partial charge in [0.2, 0.25) is 5.91 Å². The van der Waals surface area contributed by atoms with E-state index in [0.29, 0.717) is 37.4 Å². The van der Waals surface area contributed by atoms with E-state index >= 15 is 0 Å². The Morgan fingerprint density at radius 3 is 2.39 bits per heavy atom. The summed E-state index contributed by atoms with van der Waals surface area (Å²) in [6.07, 6.45) is 0. The number of benzene rings is 2. The number of anilines is 2. The van der Waals surface area contributed by atoms with Gasteiger partial charge in [0.25, 0.3) is 11.6 Å². The molecule has 146 valence electrons. The number of aryl methyl sites for hydroxylation is 1. The zero-order valence-corrected chi connectivity index (χ0v) is 15.8. The van der Waals surface area contributed by atoms with Crippen molar-refractivity contribution in [3.63, 3.8) is 0 Å². The fourth-order valence-corrected chi connectivity index (χ4v) is 3.26. The number of hydrogen-bond donors (Lipinski definition) is 1. The van der Waals surface area contributed by atoms with Crippen molar-refractivity contribution in [3.05, 3.63) is 63.7 Å². The summed E-state index contributed by atoms with van der Waals surface area (Å²) < 4.78 is 0. The monoisotopic (exact) mass is 382 g/mol. The molecule has 1 aliphatic heterocycles. The molecule has 1 aliphatic rings. The van der Waals surface area contributed by atoms with E-state index in [4.69, 9.17) is 0 Å². The topological polar surface area (TPSA) is 95.8 Å². The minimum Gasteiger partial charge on any atom is -0.366 e. The number of nitro benzene ring substituents is 1. The van der Waals surface area contributed by atoms with Crippen molar-refractivity contribution in [2.45, 2.75) is 13.8 Å². The van der Waals surface area contributed by atoms with Gasteiger partial charge in [-0.15, -0.1) is 0 Å². The van der Waals surface area contributed by atoms with Crippen LogP contribution in [0.3, 0.4) is 0 Å². The quantitative estimate of drug-likeness (QED) is 0.648. The maximum Gasteiger partial charge on any atom is 0.273 e. The van der Waals surface area contributed by atoms with Crippen molar-refractivity contribution in [1.29, 1.82) is 0 Å². The zero-order valence-electron chi connectivity index (χ0n) is 15.8. The van der Waals surface area contributed by atoms with E-state index in [1.165, 1.54) is 6.07 Å². The molecule has 8 heteroatoms. The smallest absolute Gasteiger partial charge is 0.273 e. The Labute approximate surface area is 162 Å². The Morgan fingerprint density at radius 1 is 1.07 bits per heavy atom. The Bertz CT molecular complexity index is 920. The number of rotatable bonds is 4. The third-order valence-electron chi connectivity index (χ3n) is 4.89. The van der Waals surface area contributed by atoms with Crippen molar-refractivity contribution in [2.75, 3.05) is 36.4 Å². The first-order valence-corrected chi connectivity index (χ1v) is 9.02. The summed E-state index contributed by atoms with van der Waals surface area (Å²) in [5, 5.41) is 14.0. The predicted octanol–water partition coefficient (Wildman–Crippen LogP) is 2.82. The molecule has 2 amide bonds. The van der Waals surface area contributed by atoms with Crippen LogP contribution in [0.1, 0.15) is 22.8 Å². The Kier molecular flexibility index (Phi) is 5.58. The van der Waals surface area contributed by atoms with Crippen molar-refractivity contribution in [1.82, 2.24) is 4.90 Å². The Balaban J connectivity index is 1.79. The second-order valence-corrected chi connectivity index (χ2v) is 6.72. The van der Waals surface area contributed by atoms with E-state index in [-0.39, 0.29) is 17.2 Å². The first kappa shape index (κ1) is 19.3. The molecule has 2 aromatic carbocycles. The highest BCUT2D eigenvalue weighted by Gasteiger charge is 2.21. The van der Waals surface area contributed by atoms with Crippen molar-refractivity contribution in [2.24, 2.45) is 0 Å². The minimum atomic E-state index is -0.492. The molecule has 0 aliphatic carbocycles. The third kappa shape index (κ3) is 4.11. The molecule has 0 spiro atoms. The van der Waals surface area contributed by atoms with Gasteiger partial charge in [0.1, 0.15) is 0 Å². The number of nitro groups is 1. The summed E-state index contributed by atoms with van der Waals surface area (Å²) >= 11 is 0. The highest BCUT2D eigenvalue weighted by atomic mass is 16.6. The van der Waals surface area contributed by atoms with Crippen LogP contribution >= 0.6 is 0 Å². The van der Waals surface area contributed by atoms with E-state index in [1.807, 2.05) is 18.2 Å². The number of para-hydroxylation sites is 2. The molecule has 1 heterocycles. The molecule has 8 nitrogen and oxygen atoms in total. The van der Waals surface area contributed by atoms with Gasteiger partial charge in [0.05, 0.1) is 16.3 Å². The number of piperazine rings is 1. The van der Waals surface area contributed by atoms with E-state index in [1.54, 1.807) is 36.9 Å². The number of carbonyl (C=O) groups is 2. The van der Waals surface area contributed by atoms with Gasteiger partial charge in [-0.05, 0) is 25.1 Å². The van der Waals surface area contributed by atoms with Gasteiger partial charge < -0.3 is 15.1 Å². The van der Waals surface area contributed by atoms with Gasteiger partial charge in [0.15, 0.2) is 0 Å². The largest absolute Gasteiger partial charge is 0.366 e. The van der Waals surface area contributed by atoms with E-state index in [2.05, 4.69) is 10.2 Å². The van der Waals surface area contributed by atoms with Gasteiger partial charge >= 0.3 is 0 Å². The molecule has 1 fully saturated rings. The second kappa shape index (κ2) is 8.08. The van der Waals surface area contributed by atoms with Crippen LogP contribution in [0.5, 0.6) is 0 Å². The second-order valence-electron chi connectivity index (χ2n) is 6.72. The molecule has 28 heavy (non-hydrogen) atoms. The highest BCUT2D eigenvalue weighted by molar-refractivity contribution is 6.06. The van der Waals surface area contributed by atoms with Crippen molar-refractivity contribution >= 4 is 28.9 Å².